The Labute approximate surface area is 220 Å². The number of fused-ring (bicyclic) bond motifs is 1. The number of allylic oxidation sites excluding steroid dienone is 2. The van der Waals surface area contributed by atoms with Crippen molar-refractivity contribution < 1.29 is 19.0 Å². The van der Waals surface area contributed by atoms with Crippen LogP contribution in [0.4, 0.5) is 0 Å². The first-order valence-electron chi connectivity index (χ1n) is 12.0. The first-order chi connectivity index (χ1) is 17.6. The van der Waals surface area contributed by atoms with Gasteiger partial charge >= 0.3 is 0 Å². The number of ether oxygens (including phenoxy) is 3. The van der Waals surface area contributed by atoms with Crippen LogP contribution in [0, 0.1) is 6.92 Å². The van der Waals surface area contributed by atoms with Gasteiger partial charge in [-0.3, -0.25) is 14.2 Å². The standard InChI is InChI=1S/C29H32N2O5S/c1-15(2)22-12-19(16(3)11-23(22)35-7)13-25-28(33)31-27(21-10-9-20(34-6)14-24(21)36-8)26(18(5)32)17(4)30-29(31)37-25/h9-15,27H,1-8H3/t27-/m1/s1. The summed E-state index contributed by atoms with van der Waals surface area (Å²) in [7, 11) is 4.81. The number of Topliss-reactive ketones (excluding diaryl/α,β-unsaturated/α-hetero) is 1. The molecule has 0 bridgehead atoms. The van der Waals surface area contributed by atoms with Crippen LogP contribution in [0.1, 0.15) is 61.9 Å². The summed E-state index contributed by atoms with van der Waals surface area (Å²) in [5.74, 6) is 2.09. The zero-order valence-corrected chi connectivity index (χ0v) is 23.3. The van der Waals surface area contributed by atoms with E-state index < -0.39 is 6.04 Å². The van der Waals surface area contributed by atoms with Gasteiger partial charge < -0.3 is 14.2 Å². The predicted molar refractivity (Wildman–Crippen MR) is 146 cm³/mol. The summed E-state index contributed by atoms with van der Waals surface area (Å²) in [6.07, 6.45) is 1.90. The third-order valence-corrected chi connectivity index (χ3v) is 7.65. The van der Waals surface area contributed by atoms with E-state index in [1.165, 1.54) is 18.3 Å². The van der Waals surface area contributed by atoms with Crippen LogP contribution in [-0.4, -0.2) is 31.7 Å². The molecule has 0 N–H and O–H groups in total. The van der Waals surface area contributed by atoms with Crippen molar-refractivity contribution >= 4 is 23.2 Å². The number of carbonyl (C=O) groups excluding carboxylic acids is 1. The summed E-state index contributed by atoms with van der Waals surface area (Å²) in [5, 5.41) is 0. The lowest BCUT2D eigenvalue weighted by Crippen LogP contribution is -2.39. The Kier molecular flexibility index (Phi) is 7.41. The number of methoxy groups -OCH3 is 3. The summed E-state index contributed by atoms with van der Waals surface area (Å²) in [5.41, 5.74) is 4.55. The lowest BCUT2D eigenvalue weighted by Gasteiger charge is -2.26. The fraction of sp³-hybridized carbons (Fsp3) is 0.345. The molecular formula is C29H32N2O5S. The molecule has 0 fully saturated rings. The van der Waals surface area contributed by atoms with Crippen LogP contribution in [0.3, 0.4) is 0 Å². The van der Waals surface area contributed by atoms with Crippen molar-refractivity contribution in [2.45, 2.75) is 46.6 Å². The van der Waals surface area contributed by atoms with E-state index in [0.29, 0.717) is 37.7 Å². The number of carbonyl (C=O) groups is 1. The summed E-state index contributed by atoms with van der Waals surface area (Å²) < 4.78 is 18.7. The van der Waals surface area contributed by atoms with Gasteiger partial charge in [-0.2, -0.15) is 0 Å². The molecule has 194 valence electrons. The van der Waals surface area contributed by atoms with Gasteiger partial charge in [0.05, 0.1) is 31.9 Å². The molecule has 0 saturated carbocycles. The zero-order valence-electron chi connectivity index (χ0n) is 22.5. The van der Waals surface area contributed by atoms with Gasteiger partial charge in [-0.25, -0.2) is 4.99 Å². The van der Waals surface area contributed by atoms with E-state index >= 15 is 0 Å². The largest absolute Gasteiger partial charge is 0.497 e. The van der Waals surface area contributed by atoms with Crippen molar-refractivity contribution in [1.82, 2.24) is 4.57 Å². The van der Waals surface area contributed by atoms with Crippen LogP contribution in [0.25, 0.3) is 6.08 Å². The maximum Gasteiger partial charge on any atom is 0.271 e. The van der Waals surface area contributed by atoms with E-state index in [1.807, 2.05) is 25.1 Å². The number of rotatable bonds is 7. The van der Waals surface area contributed by atoms with E-state index in [0.717, 1.165) is 22.4 Å². The Balaban J connectivity index is 1.99. The molecule has 0 radical (unpaired) electrons. The molecule has 3 aromatic rings. The number of hydrogen-bond acceptors (Lipinski definition) is 7. The minimum absolute atomic E-state index is 0.147. The molecule has 4 rings (SSSR count). The zero-order chi connectivity index (χ0) is 27.0. The Morgan fingerprint density at radius 2 is 1.76 bits per heavy atom. The number of hydrogen-bond donors (Lipinski definition) is 0. The van der Waals surface area contributed by atoms with Crippen molar-refractivity contribution in [3.8, 4) is 17.2 Å². The number of nitrogens with zero attached hydrogens (tertiary/aromatic N) is 2. The summed E-state index contributed by atoms with van der Waals surface area (Å²) in [6.45, 7) is 9.52. The molecule has 37 heavy (non-hydrogen) atoms. The van der Waals surface area contributed by atoms with Crippen molar-refractivity contribution in [3.05, 3.63) is 83.5 Å². The molecule has 7 nitrogen and oxygen atoms in total. The Bertz CT molecular complexity index is 1590. The third-order valence-electron chi connectivity index (χ3n) is 6.66. The van der Waals surface area contributed by atoms with Gasteiger partial charge in [-0.05, 0) is 73.7 Å². The molecule has 0 amide bonds. The summed E-state index contributed by atoms with van der Waals surface area (Å²) >= 11 is 1.31. The number of benzene rings is 2. The van der Waals surface area contributed by atoms with Gasteiger partial charge in [-0.1, -0.05) is 25.2 Å². The fourth-order valence-corrected chi connectivity index (χ4v) is 5.79. The highest BCUT2D eigenvalue weighted by molar-refractivity contribution is 7.07. The van der Waals surface area contributed by atoms with E-state index in [4.69, 9.17) is 14.2 Å². The van der Waals surface area contributed by atoms with E-state index in [1.54, 1.807) is 45.0 Å². The second-order valence-electron chi connectivity index (χ2n) is 9.35. The Hall–Kier alpha value is -3.65. The minimum Gasteiger partial charge on any atom is -0.497 e. The van der Waals surface area contributed by atoms with Gasteiger partial charge in [0.25, 0.3) is 5.56 Å². The molecule has 1 aliphatic rings. The average molecular weight is 521 g/mol. The maximum absolute atomic E-state index is 13.9. The minimum atomic E-state index is -0.667. The quantitative estimate of drug-likeness (QED) is 0.465. The third kappa shape index (κ3) is 4.73. The number of aryl methyl sites for hydroxylation is 1. The SMILES string of the molecule is COc1ccc([C@@H]2C(C(C)=O)=C(C)N=c3sc(=Cc4cc(C(C)C)c(OC)cc4C)c(=O)n32)c(OC)c1. The van der Waals surface area contributed by atoms with Gasteiger partial charge in [0, 0.05) is 22.9 Å². The van der Waals surface area contributed by atoms with Crippen LogP contribution in [0.2, 0.25) is 0 Å². The number of thiazole rings is 1. The summed E-state index contributed by atoms with van der Waals surface area (Å²) in [4.78, 5) is 31.9. The van der Waals surface area contributed by atoms with Crippen LogP contribution < -0.4 is 29.1 Å². The van der Waals surface area contributed by atoms with E-state index in [2.05, 4.69) is 24.9 Å². The Morgan fingerprint density at radius 1 is 1.05 bits per heavy atom. The normalized spacial score (nSPS) is 15.5. The first kappa shape index (κ1) is 26.4. The van der Waals surface area contributed by atoms with E-state index in [-0.39, 0.29) is 17.3 Å². The van der Waals surface area contributed by atoms with Crippen LogP contribution >= 0.6 is 11.3 Å². The fourth-order valence-electron chi connectivity index (χ4n) is 4.75. The lowest BCUT2D eigenvalue weighted by atomic mass is 9.92. The Morgan fingerprint density at radius 3 is 2.35 bits per heavy atom. The topological polar surface area (TPSA) is 79.1 Å². The molecule has 1 aliphatic heterocycles. The maximum atomic E-state index is 13.9. The first-order valence-corrected chi connectivity index (χ1v) is 12.9. The molecule has 8 heteroatoms. The number of ketones is 1. The van der Waals surface area contributed by atoms with Crippen molar-refractivity contribution in [2.75, 3.05) is 21.3 Å². The highest BCUT2D eigenvalue weighted by Gasteiger charge is 2.32. The van der Waals surface area contributed by atoms with Crippen LogP contribution in [0.5, 0.6) is 17.2 Å². The highest BCUT2D eigenvalue weighted by atomic mass is 32.1. The lowest BCUT2D eigenvalue weighted by molar-refractivity contribution is -0.114. The molecule has 2 aromatic carbocycles. The monoisotopic (exact) mass is 520 g/mol. The molecule has 2 heterocycles. The highest BCUT2D eigenvalue weighted by Crippen LogP contribution is 2.37. The summed E-state index contributed by atoms with van der Waals surface area (Å²) in [6, 6.07) is 8.81. The van der Waals surface area contributed by atoms with Gasteiger partial charge in [0.2, 0.25) is 0 Å². The second-order valence-corrected chi connectivity index (χ2v) is 10.4. The van der Waals surface area contributed by atoms with Gasteiger partial charge in [-0.15, -0.1) is 0 Å². The molecule has 1 atom stereocenters. The molecular weight excluding hydrogens is 488 g/mol. The molecule has 0 spiro atoms. The van der Waals surface area contributed by atoms with Gasteiger partial charge in [0.1, 0.15) is 17.2 Å². The van der Waals surface area contributed by atoms with Crippen LogP contribution in [-0.2, 0) is 4.79 Å². The number of aromatic nitrogens is 1. The van der Waals surface area contributed by atoms with E-state index in [9.17, 15) is 9.59 Å². The van der Waals surface area contributed by atoms with Crippen molar-refractivity contribution in [3.63, 3.8) is 0 Å². The molecule has 0 saturated heterocycles. The average Bonchev–Trinajstić information content (AvgIpc) is 3.17. The van der Waals surface area contributed by atoms with Gasteiger partial charge in [0.15, 0.2) is 10.6 Å². The molecule has 0 aliphatic carbocycles. The molecule has 1 aromatic heterocycles. The predicted octanol–water partition coefficient (Wildman–Crippen LogP) is 4.28. The van der Waals surface area contributed by atoms with Crippen molar-refractivity contribution in [1.29, 1.82) is 0 Å². The molecule has 0 unspecified atom stereocenters. The van der Waals surface area contributed by atoms with Crippen LogP contribution in [0.15, 0.2) is 51.4 Å². The second kappa shape index (κ2) is 10.4. The smallest absolute Gasteiger partial charge is 0.271 e. The van der Waals surface area contributed by atoms with Crippen molar-refractivity contribution in [2.24, 2.45) is 4.99 Å².